The number of nitrogens with zero attached hydrogens (tertiary/aromatic N) is 2. The Morgan fingerprint density at radius 1 is 1.30 bits per heavy atom. The van der Waals surface area contributed by atoms with Crippen molar-refractivity contribution in [1.29, 1.82) is 0 Å². The third kappa shape index (κ3) is 3.07. The van der Waals surface area contributed by atoms with Crippen molar-refractivity contribution in [2.45, 2.75) is 24.5 Å². The van der Waals surface area contributed by atoms with Gasteiger partial charge in [-0.2, -0.15) is 4.98 Å². The van der Waals surface area contributed by atoms with E-state index in [1.54, 1.807) is 0 Å². The van der Waals surface area contributed by atoms with Gasteiger partial charge < -0.3 is 4.52 Å². The van der Waals surface area contributed by atoms with Gasteiger partial charge in [0.25, 0.3) is 0 Å². The molecular formula is C14H16N2O3S. The van der Waals surface area contributed by atoms with E-state index in [1.807, 2.05) is 30.3 Å². The molecule has 5 nitrogen and oxygen atoms in total. The molecule has 1 aliphatic rings. The first-order valence-electron chi connectivity index (χ1n) is 6.58. The Bertz CT molecular complexity index is 690. The fourth-order valence-electron chi connectivity index (χ4n) is 2.39. The second-order valence-corrected chi connectivity index (χ2v) is 7.48. The van der Waals surface area contributed by atoms with Gasteiger partial charge in [0.1, 0.15) is 5.75 Å². The molecule has 1 fully saturated rings. The summed E-state index contributed by atoms with van der Waals surface area (Å²) in [7, 11) is -3.14. The lowest BCUT2D eigenvalue weighted by molar-refractivity contribution is 0.353. The standard InChI is InChI=1S/C14H16N2O3S/c1-20(17,18)9-12-15-14(19-16-12)13(11-7-8-11)10-5-3-2-4-6-10/h2-6,11,13H,7-9H2,1H3/t13-/m0/s1. The topological polar surface area (TPSA) is 73.1 Å². The van der Waals surface area contributed by atoms with E-state index in [1.165, 1.54) is 6.26 Å². The summed E-state index contributed by atoms with van der Waals surface area (Å²) in [6.45, 7) is 0. The highest BCUT2D eigenvalue weighted by molar-refractivity contribution is 7.89. The average molecular weight is 292 g/mol. The van der Waals surface area contributed by atoms with Crippen molar-refractivity contribution < 1.29 is 12.9 Å². The van der Waals surface area contributed by atoms with E-state index in [0.717, 1.165) is 18.4 Å². The SMILES string of the molecule is CS(=O)(=O)Cc1noc([C@@H](c2ccccc2)C2CC2)n1. The summed E-state index contributed by atoms with van der Waals surface area (Å²) in [5.74, 6) is 1.19. The van der Waals surface area contributed by atoms with E-state index >= 15 is 0 Å². The van der Waals surface area contributed by atoms with Crippen LogP contribution in [0.5, 0.6) is 0 Å². The molecule has 0 radical (unpaired) electrons. The first-order chi connectivity index (χ1) is 9.53. The largest absolute Gasteiger partial charge is 0.339 e. The first kappa shape index (κ1) is 13.3. The van der Waals surface area contributed by atoms with E-state index in [0.29, 0.717) is 11.8 Å². The van der Waals surface area contributed by atoms with Crippen LogP contribution in [0.25, 0.3) is 0 Å². The molecule has 20 heavy (non-hydrogen) atoms. The Hall–Kier alpha value is -1.69. The fourth-order valence-corrected chi connectivity index (χ4v) is 2.98. The molecule has 0 unspecified atom stereocenters. The highest BCUT2D eigenvalue weighted by Crippen LogP contribution is 2.45. The number of aromatic nitrogens is 2. The van der Waals surface area contributed by atoms with E-state index in [-0.39, 0.29) is 17.5 Å². The monoisotopic (exact) mass is 292 g/mol. The Labute approximate surface area is 117 Å². The third-order valence-electron chi connectivity index (χ3n) is 3.39. The van der Waals surface area contributed by atoms with E-state index in [2.05, 4.69) is 10.1 Å². The Morgan fingerprint density at radius 2 is 2.00 bits per heavy atom. The van der Waals surface area contributed by atoms with Crippen molar-refractivity contribution in [3.05, 3.63) is 47.6 Å². The molecule has 3 rings (SSSR count). The minimum absolute atomic E-state index is 0.0806. The van der Waals surface area contributed by atoms with Crippen LogP contribution in [0.2, 0.25) is 0 Å². The molecular weight excluding hydrogens is 276 g/mol. The highest BCUT2D eigenvalue weighted by atomic mass is 32.2. The van der Waals surface area contributed by atoms with E-state index in [9.17, 15) is 8.42 Å². The predicted octanol–water partition coefficient (Wildman–Crippen LogP) is 2.16. The second-order valence-electron chi connectivity index (χ2n) is 5.34. The molecule has 2 aromatic rings. The highest BCUT2D eigenvalue weighted by Gasteiger charge is 2.37. The molecule has 0 amide bonds. The zero-order chi connectivity index (χ0) is 14.2. The van der Waals surface area contributed by atoms with Gasteiger partial charge >= 0.3 is 0 Å². The Kier molecular flexibility index (Phi) is 3.33. The maximum Gasteiger partial charge on any atom is 0.234 e. The van der Waals surface area contributed by atoms with Gasteiger partial charge in [0.05, 0.1) is 5.92 Å². The maximum atomic E-state index is 11.3. The van der Waals surface area contributed by atoms with Gasteiger partial charge in [-0.1, -0.05) is 35.5 Å². The molecule has 1 atom stereocenters. The summed E-state index contributed by atoms with van der Waals surface area (Å²) < 4.78 is 27.9. The van der Waals surface area contributed by atoms with Crippen LogP contribution in [0.4, 0.5) is 0 Å². The molecule has 0 spiro atoms. The van der Waals surface area contributed by atoms with Crippen LogP contribution in [0.1, 0.15) is 36.0 Å². The van der Waals surface area contributed by atoms with Crippen LogP contribution < -0.4 is 0 Å². The molecule has 1 aromatic carbocycles. The first-order valence-corrected chi connectivity index (χ1v) is 8.64. The number of sulfone groups is 1. The van der Waals surface area contributed by atoms with Crippen molar-refractivity contribution in [3.8, 4) is 0 Å². The fraction of sp³-hybridized carbons (Fsp3) is 0.429. The lowest BCUT2D eigenvalue weighted by atomic mass is 9.94. The average Bonchev–Trinajstić information content (AvgIpc) is 3.11. The van der Waals surface area contributed by atoms with Crippen LogP contribution in [0.3, 0.4) is 0 Å². The lowest BCUT2D eigenvalue weighted by Gasteiger charge is -2.11. The van der Waals surface area contributed by atoms with Crippen LogP contribution in [-0.4, -0.2) is 24.8 Å². The minimum atomic E-state index is -3.14. The van der Waals surface area contributed by atoms with Gasteiger partial charge in [-0.15, -0.1) is 0 Å². The number of hydrogen-bond acceptors (Lipinski definition) is 5. The van der Waals surface area contributed by atoms with Crippen LogP contribution >= 0.6 is 0 Å². The summed E-state index contributed by atoms with van der Waals surface area (Å²) in [4.78, 5) is 4.28. The molecule has 6 heteroatoms. The van der Waals surface area contributed by atoms with E-state index < -0.39 is 9.84 Å². The minimum Gasteiger partial charge on any atom is -0.339 e. The number of hydrogen-bond donors (Lipinski definition) is 0. The molecule has 0 saturated heterocycles. The quantitative estimate of drug-likeness (QED) is 0.844. The van der Waals surface area contributed by atoms with E-state index in [4.69, 9.17) is 4.52 Å². The summed E-state index contributed by atoms with van der Waals surface area (Å²) in [5, 5.41) is 3.79. The third-order valence-corrected chi connectivity index (χ3v) is 4.18. The molecule has 1 aliphatic carbocycles. The summed E-state index contributed by atoms with van der Waals surface area (Å²) in [5.41, 5.74) is 1.14. The smallest absolute Gasteiger partial charge is 0.234 e. The van der Waals surface area contributed by atoms with Gasteiger partial charge in [-0.05, 0) is 24.3 Å². The summed E-state index contributed by atoms with van der Waals surface area (Å²) in [6.07, 6.45) is 3.45. The molecule has 1 aromatic heterocycles. The lowest BCUT2D eigenvalue weighted by Crippen LogP contribution is -2.05. The summed E-state index contributed by atoms with van der Waals surface area (Å²) in [6, 6.07) is 10.0. The maximum absolute atomic E-state index is 11.3. The van der Waals surface area contributed by atoms with Crippen molar-refractivity contribution in [2.75, 3.05) is 6.26 Å². The van der Waals surface area contributed by atoms with Crippen LogP contribution in [0.15, 0.2) is 34.9 Å². The van der Waals surface area contributed by atoms with Gasteiger partial charge in [-0.25, -0.2) is 8.42 Å². The second kappa shape index (κ2) is 5.01. The van der Waals surface area contributed by atoms with Crippen LogP contribution in [0, 0.1) is 5.92 Å². The Balaban J connectivity index is 1.89. The van der Waals surface area contributed by atoms with Crippen molar-refractivity contribution in [1.82, 2.24) is 10.1 Å². The predicted molar refractivity (Wildman–Crippen MR) is 73.9 cm³/mol. The molecule has 1 saturated carbocycles. The van der Waals surface area contributed by atoms with Gasteiger partial charge in [-0.3, -0.25) is 0 Å². The molecule has 0 N–H and O–H groups in total. The zero-order valence-electron chi connectivity index (χ0n) is 11.2. The molecule has 1 heterocycles. The Morgan fingerprint density at radius 3 is 2.60 bits per heavy atom. The summed E-state index contributed by atoms with van der Waals surface area (Å²) >= 11 is 0. The van der Waals surface area contributed by atoms with Crippen molar-refractivity contribution >= 4 is 9.84 Å². The molecule has 106 valence electrons. The zero-order valence-corrected chi connectivity index (χ0v) is 12.0. The van der Waals surface area contributed by atoms with Crippen LogP contribution in [-0.2, 0) is 15.6 Å². The van der Waals surface area contributed by atoms with Gasteiger partial charge in [0.15, 0.2) is 15.7 Å². The molecule has 0 aliphatic heterocycles. The number of rotatable bonds is 5. The number of benzene rings is 1. The normalized spacial score (nSPS) is 17.1. The van der Waals surface area contributed by atoms with Crippen molar-refractivity contribution in [3.63, 3.8) is 0 Å². The van der Waals surface area contributed by atoms with Crippen molar-refractivity contribution in [2.24, 2.45) is 5.92 Å². The van der Waals surface area contributed by atoms with Gasteiger partial charge in [0, 0.05) is 6.26 Å². The molecule has 0 bridgehead atoms. The van der Waals surface area contributed by atoms with Gasteiger partial charge in [0.2, 0.25) is 5.89 Å².